The fourth-order valence-corrected chi connectivity index (χ4v) is 2.28. The average Bonchev–Trinajstić information content (AvgIpc) is 2.45. The lowest BCUT2D eigenvalue weighted by Crippen LogP contribution is -2.15. The molecule has 3 nitrogen and oxygen atoms in total. The van der Waals surface area contributed by atoms with E-state index in [9.17, 15) is 4.79 Å². The highest BCUT2D eigenvalue weighted by atomic mass is 16.5. The number of nitrogens with zero attached hydrogens (tertiary/aromatic N) is 1. The number of Topliss-reactive ketones (excluding diaryl/α,β-unsaturated/α-hetero) is 1. The molecule has 0 saturated heterocycles. The van der Waals surface area contributed by atoms with E-state index in [2.05, 4.69) is 4.99 Å². The summed E-state index contributed by atoms with van der Waals surface area (Å²) in [6.45, 7) is 0. The van der Waals surface area contributed by atoms with E-state index in [1.165, 1.54) is 0 Å². The van der Waals surface area contributed by atoms with Crippen molar-refractivity contribution in [3.8, 4) is 0 Å². The van der Waals surface area contributed by atoms with Crippen LogP contribution < -0.4 is 0 Å². The predicted octanol–water partition coefficient (Wildman–Crippen LogP) is 3.15. The molecule has 3 rings (SSSR count). The lowest BCUT2D eigenvalue weighted by molar-refractivity contribution is 0.0992. The van der Waals surface area contributed by atoms with Crippen LogP contribution in [0.5, 0.6) is 0 Å². The van der Waals surface area contributed by atoms with Crippen LogP contribution in [0.25, 0.3) is 0 Å². The molecule has 1 aliphatic heterocycles. The van der Waals surface area contributed by atoms with Crippen molar-refractivity contribution in [3.05, 3.63) is 65.2 Å². The first-order valence-corrected chi connectivity index (χ1v) is 6.13. The Balaban J connectivity index is 2.27. The molecular weight excluding hydrogens is 238 g/mol. The van der Waals surface area contributed by atoms with Gasteiger partial charge in [0.15, 0.2) is 5.78 Å². The number of ketones is 1. The number of methoxy groups -OCH3 is 1. The number of aliphatic imine (C=N–C) groups is 1. The van der Waals surface area contributed by atoms with Gasteiger partial charge in [-0.1, -0.05) is 36.4 Å². The first-order chi connectivity index (χ1) is 9.29. The SMILES string of the molecule is COC1=Nc2ccccc2CC(=O)c2ccccc21. The van der Waals surface area contributed by atoms with E-state index in [1.54, 1.807) is 7.11 Å². The summed E-state index contributed by atoms with van der Waals surface area (Å²) >= 11 is 0. The van der Waals surface area contributed by atoms with E-state index in [-0.39, 0.29) is 5.78 Å². The van der Waals surface area contributed by atoms with E-state index >= 15 is 0 Å². The third-order valence-corrected chi connectivity index (χ3v) is 3.22. The Kier molecular flexibility index (Phi) is 2.88. The molecule has 0 amide bonds. The summed E-state index contributed by atoms with van der Waals surface area (Å²) < 4.78 is 5.36. The van der Waals surface area contributed by atoms with Gasteiger partial charge in [0.2, 0.25) is 5.90 Å². The van der Waals surface area contributed by atoms with Gasteiger partial charge in [-0.15, -0.1) is 0 Å². The van der Waals surface area contributed by atoms with Crippen LogP contribution in [0.4, 0.5) is 5.69 Å². The van der Waals surface area contributed by atoms with Gasteiger partial charge in [0.05, 0.1) is 12.8 Å². The summed E-state index contributed by atoms with van der Waals surface area (Å²) in [6.07, 6.45) is 0.369. The second-order valence-corrected chi connectivity index (χ2v) is 4.40. The lowest BCUT2D eigenvalue weighted by atomic mass is 9.96. The number of hydrogen-bond donors (Lipinski definition) is 0. The van der Waals surface area contributed by atoms with E-state index in [1.807, 2.05) is 48.5 Å². The van der Waals surface area contributed by atoms with Crippen molar-refractivity contribution >= 4 is 17.4 Å². The molecule has 94 valence electrons. The molecule has 0 atom stereocenters. The second kappa shape index (κ2) is 4.69. The Bertz CT molecular complexity index is 674. The maximum Gasteiger partial charge on any atom is 0.221 e. The van der Waals surface area contributed by atoms with Crippen LogP contribution in [-0.2, 0) is 11.2 Å². The summed E-state index contributed by atoms with van der Waals surface area (Å²) in [5.41, 5.74) is 3.14. The van der Waals surface area contributed by atoms with E-state index in [0.29, 0.717) is 17.9 Å². The molecule has 0 saturated carbocycles. The third-order valence-electron chi connectivity index (χ3n) is 3.22. The maximum atomic E-state index is 12.4. The van der Waals surface area contributed by atoms with Gasteiger partial charge in [-0.2, -0.15) is 0 Å². The number of rotatable bonds is 0. The summed E-state index contributed by atoms with van der Waals surface area (Å²) in [7, 11) is 1.57. The highest BCUT2D eigenvalue weighted by Gasteiger charge is 2.20. The van der Waals surface area contributed by atoms with Crippen LogP contribution in [0, 0.1) is 0 Å². The topological polar surface area (TPSA) is 38.7 Å². The Morgan fingerprint density at radius 1 is 1.00 bits per heavy atom. The molecule has 0 N–H and O–H groups in total. The zero-order valence-electron chi connectivity index (χ0n) is 10.6. The molecule has 19 heavy (non-hydrogen) atoms. The highest BCUT2D eigenvalue weighted by Crippen LogP contribution is 2.26. The molecule has 1 heterocycles. The minimum Gasteiger partial charge on any atom is -0.481 e. The summed E-state index contributed by atoms with van der Waals surface area (Å²) in [4.78, 5) is 16.9. The van der Waals surface area contributed by atoms with Gasteiger partial charge >= 0.3 is 0 Å². The lowest BCUT2D eigenvalue weighted by Gasteiger charge is -2.15. The van der Waals surface area contributed by atoms with E-state index < -0.39 is 0 Å². The number of hydrogen-bond acceptors (Lipinski definition) is 3. The van der Waals surface area contributed by atoms with Gasteiger partial charge in [0.25, 0.3) is 0 Å². The maximum absolute atomic E-state index is 12.4. The van der Waals surface area contributed by atoms with Crippen molar-refractivity contribution in [1.29, 1.82) is 0 Å². The van der Waals surface area contributed by atoms with Gasteiger partial charge in [0.1, 0.15) is 0 Å². The Hall–Kier alpha value is -2.42. The average molecular weight is 251 g/mol. The zero-order valence-corrected chi connectivity index (χ0v) is 10.6. The Morgan fingerprint density at radius 3 is 2.47 bits per heavy atom. The molecule has 3 heteroatoms. The Labute approximate surface area is 111 Å². The standard InChI is InChI=1S/C16H13NO2/c1-19-16-13-8-4-3-7-12(13)15(18)10-11-6-2-5-9-14(11)17-16/h2-9H,10H2,1H3. The molecule has 0 spiro atoms. The van der Waals surface area contributed by atoms with Crippen molar-refractivity contribution in [1.82, 2.24) is 0 Å². The van der Waals surface area contributed by atoms with Crippen molar-refractivity contribution in [2.24, 2.45) is 4.99 Å². The first kappa shape index (κ1) is 11.7. The largest absolute Gasteiger partial charge is 0.481 e. The monoisotopic (exact) mass is 251 g/mol. The van der Waals surface area contributed by atoms with Gasteiger partial charge in [0, 0.05) is 17.5 Å². The number of carbonyl (C=O) groups excluding carboxylic acids is 1. The van der Waals surface area contributed by atoms with Crippen LogP contribution in [0.3, 0.4) is 0 Å². The molecule has 0 radical (unpaired) electrons. The van der Waals surface area contributed by atoms with Crippen molar-refractivity contribution in [3.63, 3.8) is 0 Å². The van der Waals surface area contributed by atoms with Crippen LogP contribution in [-0.4, -0.2) is 18.8 Å². The number of fused-ring (bicyclic) bond motifs is 2. The molecule has 0 aromatic heterocycles. The quantitative estimate of drug-likeness (QED) is 0.721. The molecule has 2 aromatic carbocycles. The number of ether oxygens (including phenoxy) is 1. The fourth-order valence-electron chi connectivity index (χ4n) is 2.28. The summed E-state index contributed by atoms with van der Waals surface area (Å²) in [6, 6.07) is 15.1. The first-order valence-electron chi connectivity index (χ1n) is 6.13. The van der Waals surface area contributed by atoms with E-state index in [4.69, 9.17) is 4.74 Å². The minimum absolute atomic E-state index is 0.0903. The minimum atomic E-state index is 0.0903. The number of benzene rings is 2. The van der Waals surface area contributed by atoms with Gasteiger partial charge < -0.3 is 4.74 Å². The normalized spacial score (nSPS) is 13.7. The molecule has 0 fully saturated rings. The molecular formula is C16H13NO2. The van der Waals surface area contributed by atoms with Crippen LogP contribution >= 0.6 is 0 Å². The van der Waals surface area contributed by atoms with Crippen LogP contribution in [0.15, 0.2) is 53.5 Å². The molecule has 1 aliphatic rings. The molecule has 0 unspecified atom stereocenters. The molecule has 0 aliphatic carbocycles. The van der Waals surface area contributed by atoms with Crippen LogP contribution in [0.1, 0.15) is 21.5 Å². The third kappa shape index (κ3) is 2.03. The van der Waals surface area contributed by atoms with Crippen molar-refractivity contribution < 1.29 is 9.53 Å². The number of carbonyl (C=O) groups is 1. The van der Waals surface area contributed by atoms with Crippen LogP contribution in [0.2, 0.25) is 0 Å². The smallest absolute Gasteiger partial charge is 0.221 e. The summed E-state index contributed by atoms with van der Waals surface area (Å²) in [5.74, 6) is 0.573. The predicted molar refractivity (Wildman–Crippen MR) is 74.1 cm³/mol. The van der Waals surface area contributed by atoms with Gasteiger partial charge in [-0.05, 0) is 17.7 Å². The second-order valence-electron chi connectivity index (χ2n) is 4.40. The van der Waals surface area contributed by atoms with E-state index in [0.717, 1.165) is 16.8 Å². The summed E-state index contributed by atoms with van der Waals surface area (Å²) in [5, 5.41) is 0. The van der Waals surface area contributed by atoms with Crippen molar-refractivity contribution in [2.75, 3.05) is 7.11 Å². The molecule has 2 aromatic rings. The van der Waals surface area contributed by atoms with Crippen molar-refractivity contribution in [2.45, 2.75) is 6.42 Å². The number of para-hydroxylation sites is 1. The highest BCUT2D eigenvalue weighted by molar-refractivity contribution is 6.10. The fraction of sp³-hybridized carbons (Fsp3) is 0.125. The molecule has 0 bridgehead atoms. The Morgan fingerprint density at radius 2 is 1.68 bits per heavy atom. The van der Waals surface area contributed by atoms with Gasteiger partial charge in [-0.25, -0.2) is 4.99 Å². The zero-order chi connectivity index (χ0) is 13.2. The van der Waals surface area contributed by atoms with Gasteiger partial charge in [-0.3, -0.25) is 4.79 Å².